The molecular weight excluding hydrogens is 472 g/mol. The van der Waals surface area contributed by atoms with Gasteiger partial charge in [-0.25, -0.2) is 8.42 Å². The Hall–Kier alpha value is -2.10. The Morgan fingerprint density at radius 2 is 1.63 bits per heavy atom. The summed E-state index contributed by atoms with van der Waals surface area (Å²) in [6.45, 7) is 3.10. The highest BCUT2D eigenvalue weighted by Crippen LogP contribution is 2.28. The molecule has 0 radical (unpaired) electrons. The largest absolute Gasteiger partial charge is 0.497 e. The third-order valence-corrected chi connectivity index (χ3v) is 7.46. The number of hydrogen-bond acceptors (Lipinski definition) is 5. The molecule has 30 heavy (non-hydrogen) atoms. The van der Waals surface area contributed by atoms with Gasteiger partial charge in [-0.15, -0.1) is 0 Å². The first-order chi connectivity index (χ1) is 14.2. The van der Waals surface area contributed by atoms with E-state index in [0.29, 0.717) is 40.7 Å². The molecule has 1 fully saturated rings. The number of ether oxygens (including phenoxy) is 2. The lowest BCUT2D eigenvalue weighted by molar-refractivity contribution is 0.102. The molecule has 1 aliphatic heterocycles. The number of rotatable bonds is 6. The molecule has 9 heteroatoms. The van der Waals surface area contributed by atoms with Gasteiger partial charge >= 0.3 is 0 Å². The van der Waals surface area contributed by atoms with Gasteiger partial charge in [0.25, 0.3) is 5.91 Å². The summed E-state index contributed by atoms with van der Waals surface area (Å²) in [5.74, 6) is 1.14. The molecule has 1 amide bonds. The summed E-state index contributed by atoms with van der Waals surface area (Å²) >= 11 is 3.34. The molecule has 0 spiro atoms. The molecule has 0 aromatic heterocycles. The van der Waals surface area contributed by atoms with Crippen molar-refractivity contribution >= 4 is 37.5 Å². The van der Waals surface area contributed by atoms with Crippen LogP contribution in [0.1, 0.15) is 30.1 Å². The number of carbonyl (C=O) groups is 1. The summed E-state index contributed by atoms with van der Waals surface area (Å²) < 4.78 is 38.6. The van der Waals surface area contributed by atoms with Gasteiger partial charge in [0, 0.05) is 47.0 Å². The Kier molecular flexibility index (Phi) is 7.05. The molecule has 1 N–H and O–H groups in total. The first kappa shape index (κ1) is 22.6. The number of carbonyl (C=O) groups excluding carboxylic acids is 1. The first-order valence-electron chi connectivity index (χ1n) is 9.58. The Labute approximate surface area is 185 Å². The van der Waals surface area contributed by atoms with Crippen LogP contribution in [-0.2, 0) is 10.0 Å². The maximum absolute atomic E-state index is 13.1. The Morgan fingerprint density at radius 3 is 2.20 bits per heavy atom. The number of nitrogens with one attached hydrogen (secondary N) is 1. The molecule has 2 aromatic carbocycles. The third-order valence-electron chi connectivity index (χ3n) is 5.12. The van der Waals surface area contributed by atoms with E-state index in [9.17, 15) is 13.2 Å². The summed E-state index contributed by atoms with van der Waals surface area (Å²) in [7, 11) is -0.633. The normalized spacial score (nSPS) is 15.6. The van der Waals surface area contributed by atoms with E-state index in [1.807, 2.05) is 0 Å². The fraction of sp³-hybridized carbons (Fsp3) is 0.381. The van der Waals surface area contributed by atoms with E-state index >= 15 is 0 Å². The van der Waals surface area contributed by atoms with Crippen LogP contribution in [0.5, 0.6) is 11.5 Å². The molecular formula is C21H25BrN2O5S. The number of anilines is 1. The van der Waals surface area contributed by atoms with Crippen LogP contribution >= 0.6 is 15.9 Å². The fourth-order valence-corrected chi connectivity index (χ4v) is 5.49. The molecule has 0 atom stereocenters. The minimum absolute atomic E-state index is 0.0970. The lowest BCUT2D eigenvalue weighted by Gasteiger charge is -2.29. The monoisotopic (exact) mass is 496 g/mol. The predicted octanol–water partition coefficient (Wildman–Crippen LogP) is 4.14. The molecule has 0 unspecified atom stereocenters. The topological polar surface area (TPSA) is 84.9 Å². The molecule has 0 bridgehead atoms. The molecule has 1 heterocycles. The fourth-order valence-electron chi connectivity index (χ4n) is 3.30. The van der Waals surface area contributed by atoms with Gasteiger partial charge in [-0.2, -0.15) is 4.31 Å². The van der Waals surface area contributed by atoms with Crippen molar-refractivity contribution in [3.05, 3.63) is 46.4 Å². The second-order valence-corrected chi connectivity index (χ2v) is 10.2. The van der Waals surface area contributed by atoms with Gasteiger partial charge in [-0.05, 0) is 37.0 Å². The van der Waals surface area contributed by atoms with Crippen molar-refractivity contribution in [1.29, 1.82) is 0 Å². The molecule has 2 aromatic rings. The van der Waals surface area contributed by atoms with Crippen molar-refractivity contribution in [2.75, 3.05) is 32.6 Å². The number of sulfonamides is 1. The second kappa shape index (κ2) is 9.36. The minimum Gasteiger partial charge on any atom is -0.497 e. The second-order valence-electron chi connectivity index (χ2n) is 7.32. The number of hydrogen-bond donors (Lipinski definition) is 1. The Balaban J connectivity index is 1.87. The standard InChI is InChI=1S/C21H25BrN2O5S/c1-14-4-6-24(7-5-14)30(26,27)20-9-15(8-16(22)10-20)21(25)23-17-11-18(28-2)13-19(12-17)29-3/h8-14H,4-7H2,1-3H3,(H,23,25). The number of benzene rings is 2. The minimum atomic E-state index is -3.67. The number of nitrogens with zero attached hydrogens (tertiary/aromatic N) is 1. The zero-order chi connectivity index (χ0) is 21.9. The number of piperidine rings is 1. The number of halogens is 1. The maximum Gasteiger partial charge on any atom is 0.255 e. The third kappa shape index (κ3) is 5.14. The highest BCUT2D eigenvalue weighted by molar-refractivity contribution is 9.10. The summed E-state index contributed by atoms with van der Waals surface area (Å²) in [4.78, 5) is 12.9. The smallest absolute Gasteiger partial charge is 0.255 e. The lowest BCUT2D eigenvalue weighted by atomic mass is 10.0. The van der Waals surface area contributed by atoms with Gasteiger partial charge < -0.3 is 14.8 Å². The summed E-state index contributed by atoms with van der Waals surface area (Å²) in [5.41, 5.74) is 0.709. The molecule has 1 aliphatic rings. The Bertz CT molecular complexity index is 1010. The molecule has 7 nitrogen and oxygen atoms in total. The van der Waals surface area contributed by atoms with E-state index in [0.717, 1.165) is 12.8 Å². The van der Waals surface area contributed by atoms with Crippen LogP contribution in [0.25, 0.3) is 0 Å². The molecule has 0 aliphatic carbocycles. The summed E-state index contributed by atoms with van der Waals surface area (Å²) in [6, 6.07) is 9.53. The van der Waals surface area contributed by atoms with E-state index in [1.54, 1.807) is 24.3 Å². The van der Waals surface area contributed by atoms with Gasteiger partial charge in [0.15, 0.2) is 0 Å². The van der Waals surface area contributed by atoms with Crippen molar-refractivity contribution in [2.45, 2.75) is 24.7 Å². The Morgan fingerprint density at radius 1 is 1.03 bits per heavy atom. The van der Waals surface area contributed by atoms with Crippen LogP contribution in [0.4, 0.5) is 5.69 Å². The zero-order valence-corrected chi connectivity index (χ0v) is 19.5. The van der Waals surface area contributed by atoms with Gasteiger partial charge in [0.05, 0.1) is 19.1 Å². The molecule has 1 saturated heterocycles. The van der Waals surface area contributed by atoms with Crippen LogP contribution in [0.3, 0.4) is 0 Å². The van der Waals surface area contributed by atoms with Gasteiger partial charge in [-0.1, -0.05) is 22.9 Å². The van der Waals surface area contributed by atoms with Crippen LogP contribution in [0.15, 0.2) is 45.8 Å². The zero-order valence-electron chi connectivity index (χ0n) is 17.1. The van der Waals surface area contributed by atoms with Crippen molar-refractivity contribution < 1.29 is 22.7 Å². The first-order valence-corrected chi connectivity index (χ1v) is 11.8. The van der Waals surface area contributed by atoms with Gasteiger partial charge in [0.1, 0.15) is 11.5 Å². The van der Waals surface area contributed by atoms with Crippen molar-refractivity contribution in [1.82, 2.24) is 4.31 Å². The van der Waals surface area contributed by atoms with Crippen molar-refractivity contribution in [3.63, 3.8) is 0 Å². The molecule has 162 valence electrons. The van der Waals surface area contributed by atoms with Crippen molar-refractivity contribution in [2.24, 2.45) is 5.92 Å². The maximum atomic E-state index is 13.1. The van der Waals surface area contributed by atoms with E-state index in [2.05, 4.69) is 28.2 Å². The van der Waals surface area contributed by atoms with Crippen LogP contribution in [0.2, 0.25) is 0 Å². The molecule has 3 rings (SSSR count). The van der Waals surface area contributed by atoms with Gasteiger partial charge in [0.2, 0.25) is 10.0 Å². The SMILES string of the molecule is COc1cc(NC(=O)c2cc(Br)cc(S(=O)(=O)N3CCC(C)CC3)c2)cc(OC)c1. The molecule has 0 saturated carbocycles. The summed E-state index contributed by atoms with van der Waals surface area (Å²) in [6.07, 6.45) is 1.66. The van der Waals surface area contributed by atoms with Crippen LogP contribution in [-0.4, -0.2) is 45.9 Å². The van der Waals surface area contributed by atoms with E-state index in [1.165, 1.54) is 30.7 Å². The highest BCUT2D eigenvalue weighted by Gasteiger charge is 2.29. The highest BCUT2D eigenvalue weighted by atomic mass is 79.9. The summed E-state index contributed by atoms with van der Waals surface area (Å²) in [5, 5.41) is 2.77. The lowest BCUT2D eigenvalue weighted by Crippen LogP contribution is -2.38. The van der Waals surface area contributed by atoms with Crippen molar-refractivity contribution in [3.8, 4) is 11.5 Å². The predicted molar refractivity (Wildman–Crippen MR) is 119 cm³/mol. The average Bonchev–Trinajstić information content (AvgIpc) is 2.73. The van der Waals surface area contributed by atoms with Gasteiger partial charge in [-0.3, -0.25) is 4.79 Å². The van der Waals surface area contributed by atoms with Crippen LogP contribution in [0, 0.1) is 5.92 Å². The average molecular weight is 497 g/mol. The van der Waals surface area contributed by atoms with E-state index in [-0.39, 0.29) is 10.5 Å². The van der Waals surface area contributed by atoms with E-state index in [4.69, 9.17) is 9.47 Å². The van der Waals surface area contributed by atoms with E-state index < -0.39 is 15.9 Å². The quantitative estimate of drug-likeness (QED) is 0.649. The number of methoxy groups -OCH3 is 2. The van der Waals surface area contributed by atoms with Crippen LogP contribution < -0.4 is 14.8 Å². The number of amides is 1.